The van der Waals surface area contributed by atoms with Crippen molar-refractivity contribution in [3.05, 3.63) is 70.6 Å². The molecule has 1 heterocycles. The Balaban J connectivity index is 1.89. The fourth-order valence-electron chi connectivity index (χ4n) is 2.96. The molecule has 29 heavy (non-hydrogen) atoms. The number of nitrogens with one attached hydrogen (secondary N) is 1. The zero-order chi connectivity index (χ0) is 21.2. The molecule has 0 aliphatic heterocycles. The highest BCUT2D eigenvalue weighted by Gasteiger charge is 2.12. The Morgan fingerprint density at radius 2 is 1.72 bits per heavy atom. The zero-order valence-electron chi connectivity index (χ0n) is 16.5. The first-order valence-corrected chi connectivity index (χ1v) is 10.9. The molecule has 0 saturated carbocycles. The Hall–Kier alpha value is -2.97. The third-order valence-electron chi connectivity index (χ3n) is 4.60. The van der Waals surface area contributed by atoms with Crippen molar-refractivity contribution < 1.29 is 13.2 Å². The first kappa shape index (κ1) is 20.8. The topological polar surface area (TPSA) is 88.5 Å². The van der Waals surface area contributed by atoms with Gasteiger partial charge in [0.05, 0.1) is 4.90 Å². The van der Waals surface area contributed by atoms with E-state index in [-0.39, 0.29) is 16.4 Å². The van der Waals surface area contributed by atoms with Gasteiger partial charge in [-0.3, -0.25) is 9.59 Å². The van der Waals surface area contributed by atoms with Crippen LogP contribution in [0.2, 0.25) is 0 Å². The van der Waals surface area contributed by atoms with Gasteiger partial charge in [-0.15, -0.1) is 0 Å². The molecule has 0 aliphatic rings. The summed E-state index contributed by atoms with van der Waals surface area (Å²) in [6.07, 6.45) is 2.84. The lowest BCUT2D eigenvalue weighted by atomic mass is 10.1. The van der Waals surface area contributed by atoms with Crippen molar-refractivity contribution >= 4 is 32.2 Å². The van der Waals surface area contributed by atoms with Crippen LogP contribution in [-0.2, 0) is 16.4 Å². The number of likely N-dealkylation sites (N-methyl/N-ethyl adjacent to an activating group) is 1. The average molecular weight is 413 g/mol. The van der Waals surface area contributed by atoms with Crippen LogP contribution in [0.3, 0.4) is 0 Å². The number of rotatable bonds is 6. The Kier molecular flexibility index (Phi) is 5.86. The Morgan fingerprint density at radius 1 is 1.03 bits per heavy atom. The van der Waals surface area contributed by atoms with Crippen LogP contribution in [0.15, 0.2) is 64.4 Å². The molecule has 0 unspecified atom stereocenters. The Labute approximate surface area is 169 Å². The fraction of sp³-hybridized carbons (Fsp3) is 0.238. The molecular weight excluding hydrogens is 390 g/mol. The number of hydrogen-bond acceptors (Lipinski definition) is 5. The molecule has 7 nitrogen and oxygen atoms in total. The highest BCUT2D eigenvalue weighted by molar-refractivity contribution is 7.90. The van der Waals surface area contributed by atoms with E-state index in [0.717, 1.165) is 12.8 Å². The largest absolute Gasteiger partial charge is 0.321 e. The molecule has 1 N–H and O–H groups in total. The molecule has 0 fully saturated rings. The van der Waals surface area contributed by atoms with E-state index in [1.807, 2.05) is 25.1 Å². The van der Waals surface area contributed by atoms with Crippen molar-refractivity contribution in [2.75, 3.05) is 32.2 Å². The van der Waals surface area contributed by atoms with Crippen molar-refractivity contribution in [1.29, 1.82) is 0 Å². The normalized spacial score (nSPS) is 11.7. The van der Waals surface area contributed by atoms with Crippen LogP contribution in [-0.4, -0.2) is 50.7 Å². The van der Waals surface area contributed by atoms with Gasteiger partial charge >= 0.3 is 0 Å². The SMILES string of the molecule is CN(C)CCn1ccc2c(NC(=O)c3ccc(S(C)(=O)=O)cc3)cccc2c1=O. The van der Waals surface area contributed by atoms with Crippen LogP contribution in [0.1, 0.15) is 10.4 Å². The van der Waals surface area contributed by atoms with Crippen LogP contribution in [0.25, 0.3) is 10.8 Å². The quantitative estimate of drug-likeness (QED) is 0.669. The minimum absolute atomic E-state index is 0.113. The molecule has 1 aromatic heterocycles. The van der Waals surface area contributed by atoms with E-state index in [9.17, 15) is 18.0 Å². The van der Waals surface area contributed by atoms with Crippen molar-refractivity contribution in [3.8, 4) is 0 Å². The minimum Gasteiger partial charge on any atom is -0.321 e. The highest BCUT2D eigenvalue weighted by Crippen LogP contribution is 2.22. The number of carbonyl (C=O) groups is 1. The number of sulfone groups is 1. The number of amides is 1. The molecule has 0 aliphatic carbocycles. The minimum atomic E-state index is -3.32. The summed E-state index contributed by atoms with van der Waals surface area (Å²) < 4.78 is 24.8. The molecule has 0 spiro atoms. The number of carbonyl (C=O) groups excluding carboxylic acids is 1. The van der Waals surface area contributed by atoms with E-state index in [0.29, 0.717) is 28.6 Å². The molecule has 2 aromatic carbocycles. The molecule has 0 bridgehead atoms. The van der Waals surface area contributed by atoms with Gasteiger partial charge in [0.2, 0.25) is 0 Å². The number of fused-ring (bicyclic) bond motifs is 1. The van der Waals surface area contributed by atoms with Gasteiger partial charge in [-0.05, 0) is 56.6 Å². The molecule has 152 valence electrons. The second kappa shape index (κ2) is 8.18. The zero-order valence-corrected chi connectivity index (χ0v) is 17.4. The standard InChI is InChI=1S/C21H23N3O4S/c1-23(2)13-14-24-12-11-17-18(21(24)26)5-4-6-19(17)22-20(25)15-7-9-16(10-8-15)29(3,27)28/h4-12H,13-14H2,1-3H3,(H,22,25). The monoisotopic (exact) mass is 413 g/mol. The summed E-state index contributed by atoms with van der Waals surface area (Å²) in [7, 11) is 0.569. The molecule has 0 atom stereocenters. The van der Waals surface area contributed by atoms with Crippen LogP contribution >= 0.6 is 0 Å². The maximum Gasteiger partial charge on any atom is 0.258 e. The fourth-order valence-corrected chi connectivity index (χ4v) is 3.59. The summed E-state index contributed by atoms with van der Waals surface area (Å²) in [6.45, 7) is 1.32. The predicted molar refractivity (Wildman–Crippen MR) is 114 cm³/mol. The molecule has 8 heteroatoms. The second-order valence-electron chi connectivity index (χ2n) is 7.14. The summed E-state index contributed by atoms with van der Waals surface area (Å²) in [5.41, 5.74) is 0.739. The van der Waals surface area contributed by atoms with Gasteiger partial charge in [-0.1, -0.05) is 6.07 Å². The molecular formula is C21H23N3O4S. The van der Waals surface area contributed by atoms with E-state index in [4.69, 9.17) is 0 Å². The Morgan fingerprint density at radius 3 is 2.34 bits per heavy atom. The van der Waals surface area contributed by atoms with Gasteiger partial charge < -0.3 is 14.8 Å². The maximum absolute atomic E-state index is 12.8. The summed E-state index contributed by atoms with van der Waals surface area (Å²) in [6, 6.07) is 12.7. The number of nitrogens with zero attached hydrogens (tertiary/aromatic N) is 2. The van der Waals surface area contributed by atoms with E-state index in [1.54, 1.807) is 29.0 Å². The molecule has 0 radical (unpaired) electrons. The van der Waals surface area contributed by atoms with Crippen LogP contribution in [0.4, 0.5) is 5.69 Å². The van der Waals surface area contributed by atoms with E-state index in [1.165, 1.54) is 24.3 Å². The number of pyridine rings is 1. The number of aromatic nitrogens is 1. The second-order valence-corrected chi connectivity index (χ2v) is 9.15. The third kappa shape index (κ3) is 4.72. The lowest BCUT2D eigenvalue weighted by molar-refractivity contribution is 0.102. The van der Waals surface area contributed by atoms with Gasteiger partial charge in [0.15, 0.2) is 9.84 Å². The molecule has 3 rings (SSSR count). The lowest BCUT2D eigenvalue weighted by Crippen LogP contribution is -2.26. The van der Waals surface area contributed by atoms with Crippen LogP contribution in [0.5, 0.6) is 0 Å². The summed E-state index contributed by atoms with van der Waals surface area (Å²) in [4.78, 5) is 27.5. The van der Waals surface area contributed by atoms with Crippen LogP contribution in [0, 0.1) is 0 Å². The Bertz CT molecular complexity index is 1210. The van der Waals surface area contributed by atoms with Gasteiger partial charge in [0, 0.05) is 47.6 Å². The first-order valence-electron chi connectivity index (χ1n) is 9.05. The van der Waals surface area contributed by atoms with Crippen molar-refractivity contribution in [3.63, 3.8) is 0 Å². The van der Waals surface area contributed by atoms with Gasteiger partial charge in [-0.2, -0.15) is 0 Å². The van der Waals surface area contributed by atoms with Gasteiger partial charge in [0.1, 0.15) is 0 Å². The number of anilines is 1. The summed E-state index contributed by atoms with van der Waals surface area (Å²) in [5, 5.41) is 3.99. The van der Waals surface area contributed by atoms with Crippen molar-refractivity contribution in [2.45, 2.75) is 11.4 Å². The highest BCUT2D eigenvalue weighted by atomic mass is 32.2. The summed E-state index contributed by atoms with van der Waals surface area (Å²) >= 11 is 0. The van der Waals surface area contributed by atoms with E-state index >= 15 is 0 Å². The molecule has 3 aromatic rings. The van der Waals surface area contributed by atoms with Crippen molar-refractivity contribution in [1.82, 2.24) is 9.47 Å². The smallest absolute Gasteiger partial charge is 0.258 e. The summed E-state index contributed by atoms with van der Waals surface area (Å²) in [5.74, 6) is -0.380. The van der Waals surface area contributed by atoms with Gasteiger partial charge in [0.25, 0.3) is 11.5 Å². The first-order chi connectivity index (χ1) is 13.7. The van der Waals surface area contributed by atoms with E-state index < -0.39 is 9.84 Å². The average Bonchev–Trinajstić information content (AvgIpc) is 2.67. The lowest BCUT2D eigenvalue weighted by Gasteiger charge is -2.13. The maximum atomic E-state index is 12.8. The van der Waals surface area contributed by atoms with Crippen LogP contribution < -0.4 is 10.9 Å². The molecule has 0 saturated heterocycles. The molecule has 1 amide bonds. The van der Waals surface area contributed by atoms with Crippen molar-refractivity contribution in [2.24, 2.45) is 0 Å². The van der Waals surface area contributed by atoms with Gasteiger partial charge in [-0.25, -0.2) is 8.42 Å². The van der Waals surface area contributed by atoms with E-state index in [2.05, 4.69) is 5.32 Å². The number of hydrogen-bond donors (Lipinski definition) is 1. The predicted octanol–water partition coefficient (Wildman–Crippen LogP) is 2.22. The number of benzene rings is 2. The third-order valence-corrected chi connectivity index (χ3v) is 5.73.